The van der Waals surface area contributed by atoms with Crippen molar-refractivity contribution >= 4 is 41.7 Å². The molecular weight excluding hydrogens is 610 g/mol. The molecule has 0 bridgehead atoms. The maximum absolute atomic E-state index is 12.4. The number of primary amides is 1. The van der Waals surface area contributed by atoms with E-state index in [4.69, 9.17) is 17.3 Å². The smallest absolute Gasteiger partial charge is 0.287 e. The molecule has 10 N–H and O–H groups in total. The highest BCUT2D eigenvalue weighted by Gasteiger charge is 2.41. The molecule has 1 aliphatic carbocycles. The summed E-state index contributed by atoms with van der Waals surface area (Å²) < 4.78 is 0. The zero-order valence-corrected chi connectivity index (χ0v) is 29.0. The maximum Gasteiger partial charge on any atom is 0.287 e. The van der Waals surface area contributed by atoms with E-state index in [1.165, 1.54) is 6.20 Å². The van der Waals surface area contributed by atoms with E-state index in [0.717, 1.165) is 50.1 Å². The molecule has 260 valence electrons. The third-order valence-electron chi connectivity index (χ3n) is 7.46. The van der Waals surface area contributed by atoms with E-state index < -0.39 is 28.9 Å². The monoisotopic (exact) mass is 665 g/mol. The van der Waals surface area contributed by atoms with Crippen LogP contribution in [0, 0.1) is 0 Å². The number of nitrogens with two attached hydrogens (primary N) is 3. The molecule has 1 aromatic rings. The molecule has 0 spiro atoms. The van der Waals surface area contributed by atoms with E-state index in [-0.39, 0.29) is 11.8 Å². The molecule has 1 unspecified atom stereocenters. The molecule has 0 radical (unpaired) electrons. The van der Waals surface area contributed by atoms with Crippen LogP contribution < -0.4 is 33.4 Å². The Bertz CT molecular complexity index is 1130. The van der Waals surface area contributed by atoms with Gasteiger partial charge in [-0.15, -0.1) is 11.8 Å². The number of nitrogens with zero attached hydrogens (tertiary/aromatic N) is 1. The number of aliphatic hydroxyl groups is 1. The van der Waals surface area contributed by atoms with Gasteiger partial charge in [-0.3, -0.25) is 29.8 Å². The molecular formula is C32H55N7O6S. The van der Waals surface area contributed by atoms with Crippen molar-refractivity contribution in [3.8, 4) is 0 Å². The number of carbonyl (C=O) groups excluding carboxylic acids is 5. The Morgan fingerprint density at radius 3 is 1.96 bits per heavy atom. The van der Waals surface area contributed by atoms with E-state index in [1.807, 2.05) is 44.1 Å². The Kier molecular flexibility index (Phi) is 20.3. The third-order valence-corrected chi connectivity index (χ3v) is 8.21. The number of thioether (sulfide) groups is 1. The van der Waals surface area contributed by atoms with Gasteiger partial charge in [0, 0.05) is 29.7 Å². The number of hydrogen-bond acceptors (Lipinski definition) is 10. The van der Waals surface area contributed by atoms with Gasteiger partial charge in [-0.25, -0.2) is 0 Å². The second-order valence-corrected chi connectivity index (χ2v) is 12.0. The lowest BCUT2D eigenvalue weighted by molar-refractivity contribution is -0.141. The van der Waals surface area contributed by atoms with Crippen LogP contribution in [0.15, 0.2) is 41.1 Å². The fourth-order valence-electron chi connectivity index (χ4n) is 4.85. The number of rotatable bonds is 11. The van der Waals surface area contributed by atoms with Crippen molar-refractivity contribution in [3.05, 3.63) is 41.7 Å². The number of amides is 4. The third kappa shape index (κ3) is 13.8. The first-order valence-electron chi connectivity index (χ1n) is 15.7. The summed E-state index contributed by atoms with van der Waals surface area (Å²) in [6.45, 7) is 10.7. The molecule has 2 fully saturated rings. The Balaban J connectivity index is 0.000000700. The molecule has 14 heteroatoms. The predicted molar refractivity (Wildman–Crippen MR) is 182 cm³/mol. The summed E-state index contributed by atoms with van der Waals surface area (Å²) in [6.07, 6.45) is 10.1. The van der Waals surface area contributed by atoms with Crippen LogP contribution in [0.2, 0.25) is 0 Å². The van der Waals surface area contributed by atoms with E-state index in [0.29, 0.717) is 36.9 Å². The predicted octanol–water partition coefficient (Wildman–Crippen LogP) is 2.08. The van der Waals surface area contributed by atoms with Gasteiger partial charge in [-0.1, -0.05) is 40.0 Å². The molecule has 1 aliphatic heterocycles. The second-order valence-electron chi connectivity index (χ2n) is 11.1. The summed E-state index contributed by atoms with van der Waals surface area (Å²) >= 11 is 1.64. The number of carbonyl (C=O) groups is 5. The van der Waals surface area contributed by atoms with Crippen molar-refractivity contribution in [2.24, 2.45) is 17.3 Å². The van der Waals surface area contributed by atoms with Gasteiger partial charge >= 0.3 is 0 Å². The highest BCUT2D eigenvalue weighted by Crippen LogP contribution is 2.28. The number of benzene rings is 1. The van der Waals surface area contributed by atoms with E-state index in [9.17, 15) is 29.1 Å². The molecule has 1 saturated carbocycles. The number of Topliss-reactive ketones (excluding diaryl/α,β-unsaturated/α-hetero) is 1. The minimum atomic E-state index is -1.02. The molecule has 4 amide bonds. The summed E-state index contributed by atoms with van der Waals surface area (Å²) in [7, 11) is 0. The van der Waals surface area contributed by atoms with Crippen molar-refractivity contribution in [1.29, 1.82) is 0 Å². The first kappa shape index (κ1) is 42.4. The fourth-order valence-corrected chi connectivity index (χ4v) is 5.26. The average molecular weight is 666 g/mol. The van der Waals surface area contributed by atoms with Crippen molar-refractivity contribution in [2.75, 3.05) is 19.3 Å². The van der Waals surface area contributed by atoms with Crippen LogP contribution in [0.25, 0.3) is 0 Å². The van der Waals surface area contributed by atoms with E-state index in [1.54, 1.807) is 37.7 Å². The standard InChI is InChI=1S/C16H22N2O2S.C9H14N2O3.C5H13N3O.C2H6/c1-3-14(16(20)18-10-4-5-11-18)17-15(19)12-6-8-13(21-2)9-7-12;10-8(14)7(13)9(11-6-12)4-2-1-3-5-9;1-5(2,9)4(3-6)8-7;1-2/h6-9,14H,3-5,10-11H2,1-2H3,(H,17,19);6H,1-5H2,(H2,10,14)(H,11,12);3,8-9H,6-7H2,1-2H3;1-2H3/b;;4-3-;. The van der Waals surface area contributed by atoms with Crippen LogP contribution in [-0.2, 0) is 19.2 Å². The van der Waals surface area contributed by atoms with Crippen molar-refractivity contribution < 1.29 is 29.1 Å². The number of likely N-dealkylation sites (tertiary alicyclic amines) is 1. The van der Waals surface area contributed by atoms with Crippen molar-refractivity contribution in [3.63, 3.8) is 0 Å². The molecule has 46 heavy (non-hydrogen) atoms. The highest BCUT2D eigenvalue weighted by molar-refractivity contribution is 7.98. The van der Waals surface area contributed by atoms with Gasteiger partial charge < -0.3 is 37.5 Å². The lowest BCUT2D eigenvalue weighted by Gasteiger charge is -2.33. The SMILES string of the molecule is CC.CC(C)(O)/C(=C/N)NN.CCC(NC(=O)c1ccc(SC)cc1)C(=O)N1CCCC1.NC(=O)C(=O)C1(NC=O)CCCCC1. The topological polar surface area (TPSA) is 223 Å². The normalized spacial score (nSPS) is 16.0. The highest BCUT2D eigenvalue weighted by atomic mass is 32.2. The van der Waals surface area contributed by atoms with Crippen molar-refractivity contribution in [2.45, 2.75) is 108 Å². The zero-order chi connectivity index (χ0) is 35.3. The molecule has 0 aromatic heterocycles. The van der Waals surface area contributed by atoms with Gasteiger partial charge in [0.2, 0.25) is 18.1 Å². The Morgan fingerprint density at radius 1 is 1.04 bits per heavy atom. The van der Waals surface area contributed by atoms with Crippen LogP contribution in [0.1, 0.15) is 96.3 Å². The van der Waals surface area contributed by atoms with Gasteiger partial charge in [0.1, 0.15) is 17.2 Å². The lowest BCUT2D eigenvalue weighted by atomic mass is 9.78. The summed E-state index contributed by atoms with van der Waals surface area (Å²) in [5.74, 6) is 3.23. The quantitative estimate of drug-likeness (QED) is 0.0599. The first-order chi connectivity index (χ1) is 21.8. The van der Waals surface area contributed by atoms with Crippen LogP contribution in [0.4, 0.5) is 0 Å². The largest absolute Gasteiger partial charge is 0.403 e. The average Bonchev–Trinajstić information content (AvgIpc) is 3.60. The minimum Gasteiger partial charge on any atom is -0.403 e. The van der Waals surface area contributed by atoms with E-state index in [2.05, 4.69) is 16.1 Å². The summed E-state index contributed by atoms with van der Waals surface area (Å²) in [4.78, 5) is 60.3. The van der Waals surface area contributed by atoms with Gasteiger partial charge in [0.25, 0.3) is 11.8 Å². The zero-order valence-electron chi connectivity index (χ0n) is 28.2. The number of hydrazine groups is 1. The van der Waals surface area contributed by atoms with Crippen LogP contribution in [0.3, 0.4) is 0 Å². The Morgan fingerprint density at radius 2 is 1.59 bits per heavy atom. The second kappa shape index (κ2) is 22.0. The van der Waals surface area contributed by atoms with Gasteiger partial charge in [0.05, 0.1) is 5.70 Å². The lowest BCUT2D eigenvalue weighted by Crippen LogP contribution is -2.56. The molecule has 1 heterocycles. The first-order valence-corrected chi connectivity index (χ1v) is 16.9. The number of ketones is 1. The minimum absolute atomic E-state index is 0.0454. The summed E-state index contributed by atoms with van der Waals surface area (Å²) in [5.41, 5.74) is 11.3. The van der Waals surface area contributed by atoms with Gasteiger partial charge in [-0.05, 0) is 76.5 Å². The number of nitrogens with one attached hydrogen (secondary N) is 3. The van der Waals surface area contributed by atoms with Crippen LogP contribution >= 0.6 is 11.8 Å². The Hall–Kier alpha value is -3.62. The fraction of sp³-hybridized carbons (Fsp3) is 0.594. The molecule has 2 aliphatic rings. The van der Waals surface area contributed by atoms with E-state index >= 15 is 0 Å². The van der Waals surface area contributed by atoms with Gasteiger partial charge in [0.15, 0.2) is 0 Å². The summed E-state index contributed by atoms with van der Waals surface area (Å²) in [6, 6.07) is 7.02. The molecule has 1 saturated heterocycles. The van der Waals surface area contributed by atoms with Crippen LogP contribution in [-0.4, -0.2) is 76.4 Å². The molecule has 3 rings (SSSR count). The van der Waals surface area contributed by atoms with Crippen LogP contribution in [0.5, 0.6) is 0 Å². The molecule has 1 atom stereocenters. The van der Waals surface area contributed by atoms with Crippen molar-refractivity contribution in [1.82, 2.24) is 21.0 Å². The number of hydrogen-bond donors (Lipinski definition) is 7. The summed E-state index contributed by atoms with van der Waals surface area (Å²) in [5, 5.41) is 14.5. The molecule has 1 aromatic carbocycles. The Labute approximate surface area is 277 Å². The molecule has 13 nitrogen and oxygen atoms in total. The van der Waals surface area contributed by atoms with Gasteiger partial charge in [-0.2, -0.15) is 0 Å². The maximum atomic E-state index is 12.4.